The number of methoxy groups -OCH3 is 1. The first-order valence-electron chi connectivity index (χ1n) is 8.15. The zero-order chi connectivity index (χ0) is 18.5. The summed E-state index contributed by atoms with van der Waals surface area (Å²) in [4.78, 5) is 13.3. The molecule has 0 spiro atoms. The smallest absolute Gasteiger partial charge is 0.368 e. The van der Waals surface area contributed by atoms with Crippen molar-refractivity contribution in [1.29, 1.82) is 0 Å². The molecule has 0 fully saturated rings. The molecule has 26 heavy (non-hydrogen) atoms. The van der Waals surface area contributed by atoms with E-state index in [0.29, 0.717) is 17.2 Å². The van der Waals surface area contributed by atoms with E-state index in [1.165, 1.54) is 9.36 Å². The van der Waals surface area contributed by atoms with Crippen LogP contribution in [-0.2, 0) is 13.7 Å². The van der Waals surface area contributed by atoms with Crippen LogP contribution in [0.15, 0.2) is 52.2 Å². The van der Waals surface area contributed by atoms with Crippen molar-refractivity contribution in [2.45, 2.75) is 18.4 Å². The molecule has 0 unspecified atom stereocenters. The van der Waals surface area contributed by atoms with Crippen molar-refractivity contribution in [1.82, 2.24) is 19.8 Å². The standard InChI is InChI=1S/C18H20N4O3S/c1-4-26-17-11-7-8-14(22-18(23)21(2)19-20-22)13(17)12-25-16-10-6-5-9-15(16)24-3/h5-11H,4,12H2,1-3H3. The lowest BCUT2D eigenvalue weighted by molar-refractivity contribution is 0.282. The van der Waals surface area contributed by atoms with Gasteiger partial charge >= 0.3 is 5.69 Å². The first-order chi connectivity index (χ1) is 12.7. The highest BCUT2D eigenvalue weighted by Gasteiger charge is 2.16. The van der Waals surface area contributed by atoms with Crippen LogP contribution in [0.5, 0.6) is 11.5 Å². The largest absolute Gasteiger partial charge is 0.493 e. The molecule has 3 rings (SSSR count). The molecule has 7 nitrogen and oxygen atoms in total. The number of nitrogens with zero attached hydrogens (tertiary/aromatic N) is 4. The van der Waals surface area contributed by atoms with E-state index in [1.54, 1.807) is 25.9 Å². The molecule has 0 radical (unpaired) electrons. The van der Waals surface area contributed by atoms with Crippen molar-refractivity contribution < 1.29 is 9.47 Å². The third kappa shape index (κ3) is 3.60. The van der Waals surface area contributed by atoms with Crippen molar-refractivity contribution in [3.05, 3.63) is 58.5 Å². The zero-order valence-electron chi connectivity index (χ0n) is 14.9. The molecular weight excluding hydrogens is 352 g/mol. The van der Waals surface area contributed by atoms with Gasteiger partial charge in [-0.05, 0) is 40.4 Å². The minimum absolute atomic E-state index is 0.280. The zero-order valence-corrected chi connectivity index (χ0v) is 15.7. The number of thioether (sulfide) groups is 1. The first kappa shape index (κ1) is 18.1. The highest BCUT2D eigenvalue weighted by Crippen LogP contribution is 2.31. The van der Waals surface area contributed by atoms with Gasteiger partial charge in [0.2, 0.25) is 0 Å². The van der Waals surface area contributed by atoms with Gasteiger partial charge in [-0.15, -0.1) is 11.8 Å². The molecule has 0 aliphatic heterocycles. The summed E-state index contributed by atoms with van der Waals surface area (Å²) in [5.74, 6) is 2.20. The molecule has 8 heteroatoms. The van der Waals surface area contributed by atoms with Gasteiger partial charge in [0.05, 0.1) is 12.8 Å². The summed E-state index contributed by atoms with van der Waals surface area (Å²) in [5.41, 5.74) is 1.24. The van der Waals surface area contributed by atoms with E-state index >= 15 is 0 Å². The SMILES string of the molecule is CCSc1cccc(-n2nnn(C)c2=O)c1COc1ccccc1OC. The molecule has 0 atom stereocenters. The minimum Gasteiger partial charge on any atom is -0.493 e. The predicted molar refractivity (Wildman–Crippen MR) is 100 cm³/mol. The highest BCUT2D eigenvalue weighted by molar-refractivity contribution is 7.99. The topological polar surface area (TPSA) is 71.2 Å². The second kappa shape index (κ2) is 8.09. The third-order valence-electron chi connectivity index (χ3n) is 3.80. The summed E-state index contributed by atoms with van der Waals surface area (Å²) in [6.07, 6.45) is 0. The fourth-order valence-electron chi connectivity index (χ4n) is 2.54. The normalized spacial score (nSPS) is 10.7. The summed E-state index contributed by atoms with van der Waals surface area (Å²) in [6, 6.07) is 13.2. The molecule has 2 aromatic carbocycles. The van der Waals surface area contributed by atoms with Crippen LogP contribution in [0.25, 0.3) is 5.69 Å². The van der Waals surface area contributed by atoms with Crippen molar-refractivity contribution >= 4 is 11.8 Å². The van der Waals surface area contributed by atoms with E-state index in [2.05, 4.69) is 17.4 Å². The van der Waals surface area contributed by atoms with Gasteiger partial charge in [0.1, 0.15) is 6.61 Å². The molecule has 0 aliphatic carbocycles. The number of rotatable bonds is 7. The Kier molecular flexibility index (Phi) is 5.62. The summed E-state index contributed by atoms with van der Waals surface area (Å²) in [5, 5.41) is 7.77. The molecular formula is C18H20N4O3S. The molecule has 0 N–H and O–H groups in total. The third-order valence-corrected chi connectivity index (χ3v) is 4.78. The van der Waals surface area contributed by atoms with Crippen molar-refractivity contribution in [2.24, 2.45) is 7.05 Å². The fourth-order valence-corrected chi connectivity index (χ4v) is 3.36. The molecule has 136 valence electrons. The Labute approximate surface area is 155 Å². The predicted octanol–water partition coefficient (Wildman–Crippen LogP) is 2.67. The van der Waals surface area contributed by atoms with Gasteiger partial charge in [-0.2, -0.15) is 9.36 Å². The van der Waals surface area contributed by atoms with E-state index in [0.717, 1.165) is 16.2 Å². The van der Waals surface area contributed by atoms with Crippen LogP contribution in [0.3, 0.4) is 0 Å². The van der Waals surface area contributed by atoms with Gasteiger partial charge in [-0.25, -0.2) is 4.79 Å². The lowest BCUT2D eigenvalue weighted by Crippen LogP contribution is -2.23. The molecule has 1 aromatic heterocycles. The van der Waals surface area contributed by atoms with Crippen LogP contribution >= 0.6 is 11.8 Å². The lowest BCUT2D eigenvalue weighted by Gasteiger charge is -2.15. The van der Waals surface area contributed by atoms with Gasteiger partial charge in [0, 0.05) is 17.5 Å². The van der Waals surface area contributed by atoms with E-state index < -0.39 is 0 Å². The number of ether oxygens (including phenoxy) is 2. The van der Waals surface area contributed by atoms with Crippen LogP contribution in [0, 0.1) is 0 Å². The Morgan fingerprint density at radius 1 is 1.08 bits per heavy atom. The Morgan fingerprint density at radius 2 is 1.85 bits per heavy atom. The van der Waals surface area contributed by atoms with E-state index in [1.807, 2.05) is 42.5 Å². The first-order valence-corrected chi connectivity index (χ1v) is 9.14. The van der Waals surface area contributed by atoms with Gasteiger partial charge in [0.15, 0.2) is 11.5 Å². The summed E-state index contributed by atoms with van der Waals surface area (Å²) in [7, 11) is 3.18. The van der Waals surface area contributed by atoms with Gasteiger partial charge in [-0.3, -0.25) is 0 Å². The monoisotopic (exact) mass is 372 g/mol. The summed E-state index contributed by atoms with van der Waals surface area (Å²) >= 11 is 1.69. The fraction of sp³-hybridized carbons (Fsp3) is 0.278. The molecule has 0 bridgehead atoms. The minimum atomic E-state index is -0.304. The molecule has 1 heterocycles. The highest BCUT2D eigenvalue weighted by atomic mass is 32.2. The van der Waals surface area contributed by atoms with Gasteiger partial charge in [0.25, 0.3) is 0 Å². The lowest BCUT2D eigenvalue weighted by atomic mass is 10.2. The number of aromatic nitrogens is 4. The van der Waals surface area contributed by atoms with Crippen LogP contribution in [0.1, 0.15) is 12.5 Å². The number of hydrogen-bond donors (Lipinski definition) is 0. The Balaban J connectivity index is 2.01. The summed E-state index contributed by atoms with van der Waals surface area (Å²) < 4.78 is 13.8. The maximum atomic E-state index is 12.3. The average molecular weight is 372 g/mol. The number of tetrazole rings is 1. The molecule has 3 aromatic rings. The maximum absolute atomic E-state index is 12.3. The second-order valence-electron chi connectivity index (χ2n) is 5.42. The van der Waals surface area contributed by atoms with Crippen LogP contribution in [-0.4, -0.2) is 32.7 Å². The average Bonchev–Trinajstić information content (AvgIpc) is 2.99. The van der Waals surface area contributed by atoms with Crippen molar-refractivity contribution in [3.63, 3.8) is 0 Å². The van der Waals surface area contributed by atoms with Crippen LogP contribution in [0.2, 0.25) is 0 Å². The maximum Gasteiger partial charge on any atom is 0.368 e. The quantitative estimate of drug-likeness (QED) is 0.594. The molecule has 0 saturated carbocycles. The Morgan fingerprint density at radius 3 is 2.50 bits per heavy atom. The van der Waals surface area contributed by atoms with E-state index in [-0.39, 0.29) is 12.3 Å². The van der Waals surface area contributed by atoms with Crippen LogP contribution in [0.4, 0.5) is 0 Å². The van der Waals surface area contributed by atoms with E-state index in [9.17, 15) is 4.79 Å². The van der Waals surface area contributed by atoms with Crippen LogP contribution < -0.4 is 15.2 Å². The van der Waals surface area contributed by atoms with Gasteiger partial charge in [-0.1, -0.05) is 25.1 Å². The number of para-hydroxylation sites is 2. The molecule has 0 aliphatic rings. The summed E-state index contributed by atoms with van der Waals surface area (Å²) in [6.45, 7) is 2.36. The number of benzene rings is 2. The molecule has 0 amide bonds. The number of hydrogen-bond acceptors (Lipinski definition) is 6. The van der Waals surface area contributed by atoms with E-state index in [4.69, 9.17) is 9.47 Å². The molecule has 0 saturated heterocycles. The Bertz CT molecular complexity index is 952. The second-order valence-corrected chi connectivity index (χ2v) is 6.73. The van der Waals surface area contributed by atoms with Crippen molar-refractivity contribution in [3.8, 4) is 17.2 Å². The van der Waals surface area contributed by atoms with Gasteiger partial charge < -0.3 is 9.47 Å². The van der Waals surface area contributed by atoms with Crippen molar-refractivity contribution in [2.75, 3.05) is 12.9 Å². The number of aryl methyl sites for hydroxylation is 1. The Hall–Kier alpha value is -2.74.